The van der Waals surface area contributed by atoms with E-state index >= 15 is 0 Å². The van der Waals surface area contributed by atoms with Gasteiger partial charge in [-0.05, 0) is 25.2 Å². The number of allylic oxidation sites excluding steroid dienone is 1. The Balaban J connectivity index is 2.74. The van der Waals surface area contributed by atoms with Gasteiger partial charge in [-0.2, -0.15) is 0 Å². The van der Waals surface area contributed by atoms with Crippen LogP contribution in [-0.4, -0.2) is 5.78 Å². The van der Waals surface area contributed by atoms with Crippen molar-refractivity contribution in [1.82, 2.24) is 0 Å². The molecule has 0 aromatic rings. The largest absolute Gasteiger partial charge is 0.299 e. The van der Waals surface area contributed by atoms with Crippen LogP contribution in [-0.2, 0) is 4.79 Å². The number of hydrogen-bond donors (Lipinski definition) is 0. The summed E-state index contributed by atoms with van der Waals surface area (Å²) in [6, 6.07) is 0. The van der Waals surface area contributed by atoms with Gasteiger partial charge in [0.15, 0.2) is 0 Å². The van der Waals surface area contributed by atoms with Crippen molar-refractivity contribution in [3.8, 4) is 0 Å². The zero-order valence-corrected chi connectivity index (χ0v) is 8.97. The van der Waals surface area contributed by atoms with Crippen LogP contribution in [0.3, 0.4) is 0 Å². The van der Waals surface area contributed by atoms with Gasteiger partial charge in [-0.3, -0.25) is 4.79 Å². The summed E-state index contributed by atoms with van der Waals surface area (Å²) in [7, 11) is 0. The molecule has 0 heterocycles. The Labute approximate surface area is 81.2 Å². The highest BCUT2D eigenvalue weighted by Crippen LogP contribution is 2.43. The van der Waals surface area contributed by atoms with Crippen LogP contribution in [0.4, 0.5) is 0 Å². The molecule has 0 aromatic carbocycles. The van der Waals surface area contributed by atoms with Crippen LogP contribution in [0.15, 0.2) is 12.7 Å². The van der Waals surface area contributed by atoms with Crippen molar-refractivity contribution in [1.29, 1.82) is 0 Å². The Bertz CT molecular complexity index is 217. The highest BCUT2D eigenvalue weighted by atomic mass is 16.1. The maximum Gasteiger partial charge on any atom is 0.142 e. The first kappa shape index (κ1) is 10.5. The zero-order chi connectivity index (χ0) is 10.1. The number of ketones is 1. The molecule has 1 saturated carbocycles. The first-order chi connectivity index (χ1) is 6.01. The van der Waals surface area contributed by atoms with Crippen molar-refractivity contribution in [3.05, 3.63) is 12.7 Å². The quantitative estimate of drug-likeness (QED) is 0.609. The van der Waals surface area contributed by atoms with Crippen LogP contribution in [0.1, 0.15) is 40.0 Å². The monoisotopic (exact) mass is 180 g/mol. The molecule has 1 aliphatic rings. The molecule has 0 aromatic heterocycles. The van der Waals surface area contributed by atoms with Crippen LogP contribution in [0.25, 0.3) is 0 Å². The van der Waals surface area contributed by atoms with Crippen LogP contribution < -0.4 is 0 Å². The van der Waals surface area contributed by atoms with E-state index < -0.39 is 0 Å². The molecule has 1 fully saturated rings. The van der Waals surface area contributed by atoms with E-state index in [9.17, 15) is 4.79 Å². The first-order valence-electron chi connectivity index (χ1n) is 5.16. The predicted molar refractivity (Wildman–Crippen MR) is 55.5 cm³/mol. The molecule has 0 radical (unpaired) electrons. The lowest BCUT2D eigenvalue weighted by molar-refractivity contribution is -0.129. The average molecular weight is 180 g/mol. The molecule has 1 aliphatic carbocycles. The molecule has 74 valence electrons. The van der Waals surface area contributed by atoms with Crippen molar-refractivity contribution in [2.75, 3.05) is 0 Å². The van der Waals surface area contributed by atoms with Gasteiger partial charge in [0.2, 0.25) is 0 Å². The van der Waals surface area contributed by atoms with Gasteiger partial charge in [-0.15, -0.1) is 6.58 Å². The lowest BCUT2D eigenvalue weighted by atomic mass is 9.81. The van der Waals surface area contributed by atoms with Crippen molar-refractivity contribution >= 4 is 5.78 Å². The van der Waals surface area contributed by atoms with Gasteiger partial charge in [-0.25, -0.2) is 0 Å². The first-order valence-corrected chi connectivity index (χ1v) is 5.16. The van der Waals surface area contributed by atoms with E-state index in [-0.39, 0.29) is 5.41 Å². The third-order valence-electron chi connectivity index (χ3n) is 3.34. The number of rotatable bonds is 3. The summed E-state index contributed by atoms with van der Waals surface area (Å²) >= 11 is 0. The van der Waals surface area contributed by atoms with E-state index in [1.807, 2.05) is 6.08 Å². The van der Waals surface area contributed by atoms with Gasteiger partial charge < -0.3 is 0 Å². The fourth-order valence-corrected chi connectivity index (χ4v) is 2.33. The minimum atomic E-state index is -0.101. The Morgan fingerprint density at radius 1 is 1.69 bits per heavy atom. The molecule has 13 heavy (non-hydrogen) atoms. The third-order valence-corrected chi connectivity index (χ3v) is 3.34. The molecular formula is C12H20O. The minimum Gasteiger partial charge on any atom is -0.299 e. The summed E-state index contributed by atoms with van der Waals surface area (Å²) in [5.74, 6) is 1.26. The Morgan fingerprint density at radius 3 is 2.69 bits per heavy atom. The normalized spacial score (nSPS) is 34.2. The standard InChI is InChI=1S/C12H20O/c1-5-7-12(4)8-6-10(9(2)3)11(12)13/h5,9-10H,1,6-8H2,2-4H3/t10?,12-/m0/s1. The van der Waals surface area contributed by atoms with Gasteiger partial charge in [0.1, 0.15) is 5.78 Å². The zero-order valence-electron chi connectivity index (χ0n) is 8.97. The SMILES string of the molecule is C=CC[C@@]1(C)CCC(C(C)C)C1=O. The molecule has 0 bridgehead atoms. The second kappa shape index (κ2) is 3.65. The Hall–Kier alpha value is -0.590. The van der Waals surface area contributed by atoms with Crippen LogP contribution in [0, 0.1) is 17.3 Å². The van der Waals surface area contributed by atoms with Crippen LogP contribution in [0.5, 0.6) is 0 Å². The Morgan fingerprint density at radius 2 is 2.31 bits per heavy atom. The van der Waals surface area contributed by atoms with Crippen molar-refractivity contribution in [2.45, 2.75) is 40.0 Å². The van der Waals surface area contributed by atoms with E-state index in [0.29, 0.717) is 17.6 Å². The third kappa shape index (κ3) is 1.84. The summed E-state index contributed by atoms with van der Waals surface area (Å²) in [6.07, 6.45) is 4.83. The summed E-state index contributed by atoms with van der Waals surface area (Å²) in [6.45, 7) is 10.1. The fraction of sp³-hybridized carbons (Fsp3) is 0.750. The average Bonchev–Trinajstić information content (AvgIpc) is 2.30. The molecule has 0 spiro atoms. The molecule has 0 N–H and O–H groups in total. The van der Waals surface area contributed by atoms with E-state index in [4.69, 9.17) is 0 Å². The molecule has 2 atom stereocenters. The van der Waals surface area contributed by atoms with E-state index in [2.05, 4.69) is 27.4 Å². The summed E-state index contributed by atoms with van der Waals surface area (Å²) < 4.78 is 0. The second-order valence-electron chi connectivity index (χ2n) is 4.81. The lowest BCUT2D eigenvalue weighted by Crippen LogP contribution is -2.26. The van der Waals surface area contributed by atoms with Crippen molar-refractivity contribution < 1.29 is 4.79 Å². The molecule has 0 amide bonds. The van der Waals surface area contributed by atoms with E-state index in [1.165, 1.54) is 0 Å². The lowest BCUT2D eigenvalue weighted by Gasteiger charge is -2.21. The molecule has 1 rings (SSSR count). The molecule has 1 heteroatoms. The van der Waals surface area contributed by atoms with E-state index in [1.54, 1.807) is 0 Å². The van der Waals surface area contributed by atoms with Crippen LogP contribution in [0.2, 0.25) is 0 Å². The van der Waals surface area contributed by atoms with Gasteiger partial charge in [0.05, 0.1) is 0 Å². The minimum absolute atomic E-state index is 0.101. The maximum atomic E-state index is 12.0. The number of carbonyl (C=O) groups is 1. The highest BCUT2D eigenvalue weighted by molar-refractivity contribution is 5.89. The molecule has 0 saturated heterocycles. The van der Waals surface area contributed by atoms with Crippen LogP contribution >= 0.6 is 0 Å². The summed E-state index contributed by atoms with van der Waals surface area (Å²) in [5.41, 5.74) is -0.101. The van der Waals surface area contributed by atoms with Crippen molar-refractivity contribution in [3.63, 3.8) is 0 Å². The van der Waals surface area contributed by atoms with Gasteiger partial charge in [0.25, 0.3) is 0 Å². The molecular weight excluding hydrogens is 160 g/mol. The molecule has 1 unspecified atom stereocenters. The van der Waals surface area contributed by atoms with Gasteiger partial charge in [0, 0.05) is 11.3 Å². The highest BCUT2D eigenvalue weighted by Gasteiger charge is 2.43. The second-order valence-corrected chi connectivity index (χ2v) is 4.81. The van der Waals surface area contributed by atoms with E-state index in [0.717, 1.165) is 19.3 Å². The molecule has 1 nitrogen and oxygen atoms in total. The fourth-order valence-electron chi connectivity index (χ4n) is 2.33. The van der Waals surface area contributed by atoms with Gasteiger partial charge in [-0.1, -0.05) is 26.8 Å². The van der Waals surface area contributed by atoms with Gasteiger partial charge >= 0.3 is 0 Å². The Kier molecular flexibility index (Phi) is 2.94. The topological polar surface area (TPSA) is 17.1 Å². The molecule has 0 aliphatic heterocycles. The maximum absolute atomic E-state index is 12.0. The van der Waals surface area contributed by atoms with Crippen molar-refractivity contribution in [2.24, 2.45) is 17.3 Å². The smallest absolute Gasteiger partial charge is 0.142 e. The number of hydrogen-bond acceptors (Lipinski definition) is 1. The number of carbonyl (C=O) groups excluding carboxylic acids is 1. The predicted octanol–water partition coefficient (Wildman–Crippen LogP) is 3.20. The summed E-state index contributed by atoms with van der Waals surface area (Å²) in [5, 5.41) is 0. The summed E-state index contributed by atoms with van der Waals surface area (Å²) in [4.78, 5) is 12.0. The number of Topliss-reactive ketones (excluding diaryl/α,β-unsaturated/α-hetero) is 1.